The normalized spacial score (nSPS) is 10.9. The number of hydrogen-bond acceptors (Lipinski definition) is 3. The highest BCUT2D eigenvalue weighted by atomic mass is 31.0. The summed E-state index contributed by atoms with van der Waals surface area (Å²) in [6, 6.07) is 16.7. The summed E-state index contributed by atoms with van der Waals surface area (Å²) in [7, 11) is 2.38. The zero-order valence-corrected chi connectivity index (χ0v) is 16.5. The van der Waals surface area contributed by atoms with Gasteiger partial charge in [0.2, 0.25) is 0 Å². The van der Waals surface area contributed by atoms with E-state index in [1.165, 1.54) is 42.5 Å². The molecular formula is C21H14F2N3O3P. The molecule has 0 aliphatic heterocycles. The van der Waals surface area contributed by atoms with Gasteiger partial charge in [0.15, 0.2) is 0 Å². The summed E-state index contributed by atoms with van der Waals surface area (Å²) in [6.07, 6.45) is 0. The maximum absolute atomic E-state index is 14.5. The van der Waals surface area contributed by atoms with E-state index < -0.39 is 28.7 Å². The predicted octanol–water partition coefficient (Wildman–Crippen LogP) is 1.92. The van der Waals surface area contributed by atoms with E-state index in [0.717, 1.165) is 12.1 Å². The third-order valence-electron chi connectivity index (χ3n) is 4.51. The van der Waals surface area contributed by atoms with Crippen LogP contribution in [0.15, 0.2) is 87.2 Å². The van der Waals surface area contributed by atoms with E-state index in [1.807, 2.05) is 0 Å². The average molecular weight is 425 g/mol. The van der Waals surface area contributed by atoms with Crippen molar-refractivity contribution in [3.63, 3.8) is 0 Å². The first-order chi connectivity index (χ1) is 14.4. The van der Waals surface area contributed by atoms with Crippen LogP contribution in [0.3, 0.4) is 0 Å². The van der Waals surface area contributed by atoms with Gasteiger partial charge in [0, 0.05) is 0 Å². The molecule has 0 bridgehead atoms. The molecule has 1 aromatic heterocycles. The van der Waals surface area contributed by atoms with Gasteiger partial charge >= 0.3 is 17.1 Å². The zero-order chi connectivity index (χ0) is 21.4. The number of aromatic nitrogens is 3. The van der Waals surface area contributed by atoms with Gasteiger partial charge in [0.1, 0.15) is 11.6 Å². The molecule has 1 atom stereocenters. The second-order valence-electron chi connectivity index (χ2n) is 6.32. The Labute approximate surface area is 170 Å². The Hall–Kier alpha value is -3.64. The Morgan fingerprint density at radius 2 is 0.867 bits per heavy atom. The van der Waals surface area contributed by atoms with Crippen molar-refractivity contribution in [3.8, 4) is 17.1 Å². The van der Waals surface area contributed by atoms with Crippen LogP contribution in [-0.4, -0.2) is 13.7 Å². The standard InChI is InChI=1S/C21H14F2N3O3P/c22-13-7-1-3-9-15(13)24-19(27)25(16-10-4-2-8-14(16)23)21(29)26(20(24)28)17-11-5-6-12-18(17)30/h1-12H,30H2. The molecule has 0 aliphatic carbocycles. The molecule has 0 spiro atoms. The Morgan fingerprint density at radius 3 is 1.27 bits per heavy atom. The zero-order valence-electron chi connectivity index (χ0n) is 15.3. The number of nitrogens with zero attached hydrogens (tertiary/aromatic N) is 3. The van der Waals surface area contributed by atoms with E-state index in [0.29, 0.717) is 19.0 Å². The average Bonchev–Trinajstić information content (AvgIpc) is 2.72. The van der Waals surface area contributed by atoms with Crippen LogP contribution in [0.4, 0.5) is 8.78 Å². The minimum atomic E-state index is -1.18. The summed E-state index contributed by atoms with van der Waals surface area (Å²) in [5.41, 5.74) is -3.87. The minimum absolute atomic E-state index is 0.160. The van der Waals surface area contributed by atoms with Crippen LogP contribution < -0.4 is 22.4 Å². The Balaban J connectivity index is 2.24. The fourth-order valence-electron chi connectivity index (χ4n) is 3.12. The summed E-state index contributed by atoms with van der Waals surface area (Å²) in [5, 5.41) is 0.482. The Morgan fingerprint density at radius 1 is 0.533 bits per heavy atom. The van der Waals surface area contributed by atoms with Crippen LogP contribution in [0.2, 0.25) is 0 Å². The summed E-state index contributed by atoms with van der Waals surface area (Å²) in [5.74, 6) is -1.69. The van der Waals surface area contributed by atoms with Crippen molar-refractivity contribution in [1.82, 2.24) is 13.7 Å². The molecule has 0 saturated carbocycles. The van der Waals surface area contributed by atoms with Crippen molar-refractivity contribution in [2.24, 2.45) is 0 Å². The van der Waals surface area contributed by atoms with Gasteiger partial charge in [-0.3, -0.25) is 0 Å². The van der Waals surface area contributed by atoms with E-state index in [4.69, 9.17) is 0 Å². The van der Waals surface area contributed by atoms with E-state index in [2.05, 4.69) is 9.24 Å². The molecule has 0 aliphatic rings. The fraction of sp³-hybridized carbons (Fsp3) is 0. The van der Waals surface area contributed by atoms with E-state index in [9.17, 15) is 23.2 Å². The second-order valence-corrected chi connectivity index (χ2v) is 6.94. The van der Waals surface area contributed by atoms with Crippen LogP contribution >= 0.6 is 9.24 Å². The molecule has 4 aromatic rings. The molecule has 0 saturated heterocycles. The van der Waals surface area contributed by atoms with Crippen molar-refractivity contribution >= 4 is 14.5 Å². The molecule has 0 amide bonds. The smallest absolute Gasteiger partial charge is 0.246 e. The number of halogens is 2. The van der Waals surface area contributed by atoms with Gasteiger partial charge in [-0.15, -0.1) is 9.24 Å². The molecule has 0 fully saturated rings. The quantitative estimate of drug-likeness (QED) is 0.471. The number of rotatable bonds is 3. The third-order valence-corrected chi connectivity index (χ3v) is 5.00. The molecule has 1 heterocycles. The molecule has 0 radical (unpaired) electrons. The van der Waals surface area contributed by atoms with Gasteiger partial charge in [0.25, 0.3) is 0 Å². The van der Waals surface area contributed by atoms with Crippen molar-refractivity contribution in [1.29, 1.82) is 0 Å². The van der Waals surface area contributed by atoms with Crippen LogP contribution in [0.1, 0.15) is 0 Å². The lowest BCUT2D eigenvalue weighted by Gasteiger charge is -2.16. The highest BCUT2D eigenvalue weighted by molar-refractivity contribution is 7.27. The van der Waals surface area contributed by atoms with Crippen molar-refractivity contribution < 1.29 is 8.78 Å². The highest BCUT2D eigenvalue weighted by Gasteiger charge is 2.22. The fourth-order valence-corrected chi connectivity index (χ4v) is 3.46. The first-order valence-corrected chi connectivity index (χ1v) is 9.35. The van der Waals surface area contributed by atoms with Gasteiger partial charge in [-0.2, -0.15) is 0 Å². The maximum Gasteiger partial charge on any atom is 0.345 e. The second kappa shape index (κ2) is 7.65. The Bertz CT molecular complexity index is 1250. The maximum atomic E-state index is 14.5. The van der Waals surface area contributed by atoms with E-state index in [1.54, 1.807) is 18.2 Å². The topological polar surface area (TPSA) is 66.0 Å². The number of para-hydroxylation sites is 3. The summed E-state index contributed by atoms with van der Waals surface area (Å²) < 4.78 is 30.7. The largest absolute Gasteiger partial charge is 0.345 e. The summed E-state index contributed by atoms with van der Waals surface area (Å²) in [4.78, 5) is 39.6. The molecule has 1 unspecified atom stereocenters. The van der Waals surface area contributed by atoms with Crippen molar-refractivity contribution in [3.05, 3.63) is 116 Å². The lowest BCUT2D eigenvalue weighted by atomic mass is 10.3. The summed E-state index contributed by atoms with van der Waals surface area (Å²) >= 11 is 0. The van der Waals surface area contributed by atoms with Gasteiger partial charge < -0.3 is 0 Å². The summed E-state index contributed by atoms with van der Waals surface area (Å²) in [6.45, 7) is 0. The molecule has 150 valence electrons. The van der Waals surface area contributed by atoms with Crippen LogP contribution in [0, 0.1) is 11.6 Å². The first-order valence-electron chi connectivity index (χ1n) is 8.77. The lowest BCUT2D eigenvalue weighted by molar-refractivity contribution is 0.576. The number of hydrogen-bond donors (Lipinski definition) is 0. The molecule has 9 heteroatoms. The van der Waals surface area contributed by atoms with Crippen LogP contribution in [0.25, 0.3) is 17.1 Å². The van der Waals surface area contributed by atoms with Crippen LogP contribution in [-0.2, 0) is 0 Å². The Kier molecular flexibility index (Phi) is 5.01. The molecule has 0 N–H and O–H groups in total. The van der Waals surface area contributed by atoms with Gasteiger partial charge in [0.05, 0.1) is 17.1 Å². The number of benzene rings is 3. The van der Waals surface area contributed by atoms with Crippen molar-refractivity contribution in [2.75, 3.05) is 0 Å². The van der Waals surface area contributed by atoms with Crippen LogP contribution in [0.5, 0.6) is 0 Å². The van der Waals surface area contributed by atoms with Gasteiger partial charge in [-0.05, 0) is 35.6 Å². The minimum Gasteiger partial charge on any atom is -0.246 e. The molecule has 30 heavy (non-hydrogen) atoms. The van der Waals surface area contributed by atoms with E-state index >= 15 is 0 Å². The van der Waals surface area contributed by atoms with Crippen molar-refractivity contribution in [2.45, 2.75) is 0 Å². The first kappa shape index (κ1) is 19.7. The molecule has 6 nitrogen and oxygen atoms in total. The monoisotopic (exact) mass is 425 g/mol. The molecule has 3 aromatic carbocycles. The highest BCUT2D eigenvalue weighted by Crippen LogP contribution is 2.12. The van der Waals surface area contributed by atoms with E-state index in [-0.39, 0.29) is 17.1 Å². The lowest BCUT2D eigenvalue weighted by Crippen LogP contribution is -2.53. The SMILES string of the molecule is O=c1n(-c2ccccc2F)c(=O)n(-c2ccccc2P)c(=O)n1-c1ccccc1F. The predicted molar refractivity (Wildman–Crippen MR) is 112 cm³/mol. The third kappa shape index (κ3) is 3.11. The molecular weight excluding hydrogens is 411 g/mol. The molecule has 4 rings (SSSR count). The van der Waals surface area contributed by atoms with Gasteiger partial charge in [-0.1, -0.05) is 42.5 Å². The van der Waals surface area contributed by atoms with Gasteiger partial charge in [-0.25, -0.2) is 36.9 Å².